The Labute approximate surface area is 82.8 Å². The third-order valence-corrected chi connectivity index (χ3v) is 2.66. The van der Waals surface area contributed by atoms with Gasteiger partial charge in [-0.25, -0.2) is 0 Å². The molecule has 1 aliphatic rings. The Hall–Kier alpha value is -1.09. The van der Waals surface area contributed by atoms with Crippen LogP contribution in [0.15, 0.2) is 24.3 Å². The highest BCUT2D eigenvalue weighted by Crippen LogP contribution is 2.23. The fraction of sp³-hybridized carbons (Fsp3) is 0.300. The van der Waals surface area contributed by atoms with Crippen LogP contribution < -0.4 is 4.90 Å². The van der Waals surface area contributed by atoms with E-state index in [4.69, 9.17) is 17.3 Å². The van der Waals surface area contributed by atoms with E-state index in [1.54, 1.807) is 12.1 Å². The van der Waals surface area contributed by atoms with Crippen LogP contribution in [0.3, 0.4) is 0 Å². The zero-order chi connectivity index (χ0) is 9.26. The van der Waals surface area contributed by atoms with Crippen molar-refractivity contribution in [2.45, 2.75) is 12.8 Å². The van der Waals surface area contributed by atoms with E-state index in [2.05, 4.69) is 4.90 Å². The van der Waals surface area contributed by atoms with E-state index in [0.29, 0.717) is 5.75 Å². The van der Waals surface area contributed by atoms with Crippen molar-refractivity contribution in [3.8, 4) is 5.75 Å². The number of nitrogens with zero attached hydrogens (tertiary/aromatic N) is 1. The minimum atomic E-state index is 0.300. The number of phenolic OH excluding ortho intramolecular Hbond substituents is 1. The largest absolute Gasteiger partial charge is 0.508 e. The Morgan fingerprint density at radius 1 is 1.23 bits per heavy atom. The van der Waals surface area contributed by atoms with E-state index in [1.165, 1.54) is 0 Å². The minimum Gasteiger partial charge on any atom is -0.508 e. The summed E-state index contributed by atoms with van der Waals surface area (Å²) in [5, 5.41) is 9.11. The lowest BCUT2D eigenvalue weighted by Crippen LogP contribution is -2.21. The van der Waals surface area contributed by atoms with Crippen LogP contribution in [0.4, 0.5) is 5.69 Å². The second-order valence-corrected chi connectivity index (χ2v) is 3.64. The van der Waals surface area contributed by atoms with Crippen molar-refractivity contribution in [2.75, 3.05) is 11.4 Å². The zero-order valence-electron chi connectivity index (χ0n) is 7.23. The van der Waals surface area contributed by atoms with E-state index in [-0.39, 0.29) is 0 Å². The Bertz CT molecular complexity index is 320. The molecule has 2 nitrogen and oxygen atoms in total. The van der Waals surface area contributed by atoms with E-state index in [0.717, 1.165) is 30.1 Å². The molecule has 1 aliphatic heterocycles. The van der Waals surface area contributed by atoms with Crippen LogP contribution in [0.2, 0.25) is 0 Å². The van der Waals surface area contributed by atoms with Crippen molar-refractivity contribution in [1.82, 2.24) is 0 Å². The second kappa shape index (κ2) is 3.34. The molecule has 1 heterocycles. The Morgan fingerprint density at radius 2 is 1.92 bits per heavy atom. The first-order valence-electron chi connectivity index (χ1n) is 4.37. The van der Waals surface area contributed by atoms with E-state index < -0.39 is 0 Å². The monoisotopic (exact) mass is 193 g/mol. The third kappa shape index (κ3) is 1.65. The molecule has 0 amide bonds. The SMILES string of the molecule is Oc1ccc(N2CCCC2=S)cc1. The summed E-state index contributed by atoms with van der Waals surface area (Å²) < 4.78 is 0. The van der Waals surface area contributed by atoms with Crippen molar-refractivity contribution in [3.63, 3.8) is 0 Å². The number of benzene rings is 1. The summed E-state index contributed by atoms with van der Waals surface area (Å²) in [6.45, 7) is 1.00. The molecule has 0 aromatic heterocycles. The van der Waals surface area contributed by atoms with Gasteiger partial charge in [0.25, 0.3) is 0 Å². The standard InChI is InChI=1S/C10H11NOS/c12-9-5-3-8(4-6-9)11-7-1-2-10(11)13/h3-6,12H,1-2,7H2. The molecule has 3 heteroatoms. The van der Waals surface area contributed by atoms with Crippen molar-refractivity contribution < 1.29 is 5.11 Å². The minimum absolute atomic E-state index is 0.300. The molecule has 1 N–H and O–H groups in total. The highest BCUT2D eigenvalue weighted by Gasteiger charge is 2.17. The molecule has 0 unspecified atom stereocenters. The maximum atomic E-state index is 9.11. The highest BCUT2D eigenvalue weighted by molar-refractivity contribution is 7.80. The summed E-state index contributed by atoms with van der Waals surface area (Å²) in [4.78, 5) is 3.13. The maximum Gasteiger partial charge on any atom is 0.115 e. The molecule has 2 rings (SSSR count). The van der Waals surface area contributed by atoms with Crippen LogP contribution in [0, 0.1) is 0 Å². The van der Waals surface area contributed by atoms with Gasteiger partial charge in [0.15, 0.2) is 0 Å². The zero-order valence-corrected chi connectivity index (χ0v) is 8.05. The van der Waals surface area contributed by atoms with Crippen LogP contribution in [0.25, 0.3) is 0 Å². The molecule has 0 radical (unpaired) electrons. The van der Waals surface area contributed by atoms with Crippen LogP contribution in [0.5, 0.6) is 5.75 Å². The molecule has 0 aliphatic carbocycles. The van der Waals surface area contributed by atoms with Gasteiger partial charge in [-0.2, -0.15) is 0 Å². The summed E-state index contributed by atoms with van der Waals surface area (Å²) in [6.07, 6.45) is 2.15. The van der Waals surface area contributed by atoms with Gasteiger partial charge in [-0.1, -0.05) is 12.2 Å². The topological polar surface area (TPSA) is 23.5 Å². The fourth-order valence-corrected chi connectivity index (χ4v) is 1.89. The van der Waals surface area contributed by atoms with Gasteiger partial charge < -0.3 is 10.0 Å². The molecular formula is C10H11NOS. The lowest BCUT2D eigenvalue weighted by molar-refractivity contribution is 0.475. The molecule has 1 fully saturated rings. The summed E-state index contributed by atoms with van der Waals surface area (Å²) in [5.74, 6) is 0.300. The van der Waals surface area contributed by atoms with Gasteiger partial charge in [-0.3, -0.25) is 0 Å². The second-order valence-electron chi connectivity index (χ2n) is 3.17. The maximum absolute atomic E-state index is 9.11. The van der Waals surface area contributed by atoms with E-state index in [1.807, 2.05) is 12.1 Å². The number of phenols is 1. The predicted octanol–water partition coefficient (Wildman–Crippen LogP) is 2.32. The molecule has 1 aromatic carbocycles. The molecule has 0 atom stereocenters. The number of aromatic hydroxyl groups is 1. The molecule has 0 saturated carbocycles. The average molecular weight is 193 g/mol. The van der Waals surface area contributed by atoms with Crippen LogP contribution >= 0.6 is 12.2 Å². The van der Waals surface area contributed by atoms with Crippen LogP contribution in [-0.4, -0.2) is 16.6 Å². The predicted molar refractivity (Wildman–Crippen MR) is 57.3 cm³/mol. The van der Waals surface area contributed by atoms with Gasteiger partial charge >= 0.3 is 0 Å². The van der Waals surface area contributed by atoms with Crippen LogP contribution in [0.1, 0.15) is 12.8 Å². The molecule has 0 spiro atoms. The molecule has 1 saturated heterocycles. The summed E-state index contributed by atoms with van der Waals surface area (Å²) in [7, 11) is 0. The first kappa shape index (κ1) is 8.51. The number of hydrogen-bond donors (Lipinski definition) is 1. The number of anilines is 1. The van der Waals surface area contributed by atoms with Crippen molar-refractivity contribution in [2.24, 2.45) is 0 Å². The average Bonchev–Trinajstić information content (AvgIpc) is 2.53. The van der Waals surface area contributed by atoms with Gasteiger partial charge in [0, 0.05) is 12.2 Å². The Kier molecular flexibility index (Phi) is 2.19. The summed E-state index contributed by atoms with van der Waals surface area (Å²) in [5.41, 5.74) is 1.08. The number of rotatable bonds is 1. The van der Waals surface area contributed by atoms with Crippen molar-refractivity contribution in [1.29, 1.82) is 0 Å². The quantitative estimate of drug-likeness (QED) is 0.692. The first-order valence-corrected chi connectivity index (χ1v) is 4.77. The van der Waals surface area contributed by atoms with Crippen LogP contribution in [-0.2, 0) is 0 Å². The smallest absolute Gasteiger partial charge is 0.115 e. The normalized spacial score (nSPS) is 16.6. The van der Waals surface area contributed by atoms with Gasteiger partial charge in [0.05, 0.1) is 4.99 Å². The molecule has 1 aromatic rings. The van der Waals surface area contributed by atoms with Gasteiger partial charge in [0.1, 0.15) is 5.75 Å². The Balaban J connectivity index is 2.25. The molecular weight excluding hydrogens is 182 g/mol. The van der Waals surface area contributed by atoms with Crippen molar-refractivity contribution >= 4 is 22.9 Å². The molecule has 13 heavy (non-hydrogen) atoms. The van der Waals surface area contributed by atoms with E-state index >= 15 is 0 Å². The first-order chi connectivity index (χ1) is 6.27. The molecule has 0 bridgehead atoms. The summed E-state index contributed by atoms with van der Waals surface area (Å²) in [6, 6.07) is 7.17. The van der Waals surface area contributed by atoms with Crippen molar-refractivity contribution in [3.05, 3.63) is 24.3 Å². The van der Waals surface area contributed by atoms with Gasteiger partial charge in [-0.05, 0) is 37.1 Å². The van der Waals surface area contributed by atoms with Gasteiger partial charge in [-0.15, -0.1) is 0 Å². The third-order valence-electron chi connectivity index (χ3n) is 2.23. The van der Waals surface area contributed by atoms with Gasteiger partial charge in [0.2, 0.25) is 0 Å². The van der Waals surface area contributed by atoms with E-state index in [9.17, 15) is 0 Å². The lowest BCUT2D eigenvalue weighted by Gasteiger charge is -2.17. The Morgan fingerprint density at radius 3 is 2.46 bits per heavy atom. The highest BCUT2D eigenvalue weighted by atomic mass is 32.1. The molecule has 68 valence electrons. The summed E-state index contributed by atoms with van der Waals surface area (Å²) >= 11 is 5.22. The number of hydrogen-bond acceptors (Lipinski definition) is 2. The fourth-order valence-electron chi connectivity index (χ4n) is 1.55. The number of thiocarbonyl (C=S) groups is 1. The lowest BCUT2D eigenvalue weighted by atomic mass is 10.3.